The lowest BCUT2D eigenvalue weighted by Gasteiger charge is -1.97. The molecular formula is C17H15N3O2. The van der Waals surface area contributed by atoms with Gasteiger partial charge in [0.1, 0.15) is 5.69 Å². The third-order valence-corrected chi connectivity index (χ3v) is 3.13. The molecule has 5 nitrogen and oxygen atoms in total. The van der Waals surface area contributed by atoms with E-state index in [0.717, 1.165) is 16.6 Å². The van der Waals surface area contributed by atoms with Crippen LogP contribution in [0.5, 0.6) is 0 Å². The van der Waals surface area contributed by atoms with Gasteiger partial charge in [-0.15, -0.1) is 0 Å². The van der Waals surface area contributed by atoms with Gasteiger partial charge >= 0.3 is 5.97 Å². The molecule has 0 unspecified atom stereocenters. The molecule has 110 valence electrons. The molecule has 0 fully saturated rings. The van der Waals surface area contributed by atoms with Gasteiger partial charge in [-0.1, -0.05) is 6.08 Å². The van der Waals surface area contributed by atoms with Gasteiger partial charge in [-0.2, -0.15) is 0 Å². The maximum atomic E-state index is 11.6. The molecule has 0 radical (unpaired) electrons. The lowest BCUT2D eigenvalue weighted by molar-refractivity contribution is 0.0520. The van der Waals surface area contributed by atoms with Crippen LogP contribution in [0, 0.1) is 0 Å². The average molecular weight is 293 g/mol. The molecule has 0 saturated heterocycles. The molecule has 22 heavy (non-hydrogen) atoms. The van der Waals surface area contributed by atoms with Crippen molar-refractivity contribution in [3.63, 3.8) is 0 Å². The zero-order valence-electron chi connectivity index (χ0n) is 12.1. The summed E-state index contributed by atoms with van der Waals surface area (Å²) in [6.07, 6.45) is 7.24. The average Bonchev–Trinajstić information content (AvgIpc) is 3.02. The highest BCUT2D eigenvalue weighted by Crippen LogP contribution is 2.13. The fourth-order valence-corrected chi connectivity index (χ4v) is 2.08. The molecule has 0 aliphatic heterocycles. The molecule has 1 N–H and O–H groups in total. The third-order valence-electron chi connectivity index (χ3n) is 3.13. The van der Waals surface area contributed by atoms with E-state index in [1.165, 1.54) is 0 Å². The van der Waals surface area contributed by atoms with E-state index < -0.39 is 0 Å². The number of hydrogen-bond donors (Lipinski definition) is 1. The van der Waals surface area contributed by atoms with Crippen LogP contribution < -0.4 is 0 Å². The van der Waals surface area contributed by atoms with E-state index >= 15 is 0 Å². The number of carbonyl (C=O) groups is 1. The highest BCUT2D eigenvalue weighted by Gasteiger charge is 2.07. The first-order valence-electron chi connectivity index (χ1n) is 7.01. The molecule has 0 amide bonds. The van der Waals surface area contributed by atoms with Gasteiger partial charge in [-0.25, -0.2) is 14.8 Å². The molecule has 0 bridgehead atoms. The van der Waals surface area contributed by atoms with E-state index in [2.05, 4.69) is 15.0 Å². The first kappa shape index (κ1) is 14.0. The minimum absolute atomic E-state index is 0.352. The van der Waals surface area contributed by atoms with Crippen molar-refractivity contribution in [2.24, 2.45) is 0 Å². The first-order chi connectivity index (χ1) is 10.8. The Bertz CT molecular complexity index is 837. The summed E-state index contributed by atoms with van der Waals surface area (Å²) in [5.74, 6) is -0.352. The number of H-pyrrole nitrogens is 1. The predicted octanol–water partition coefficient (Wildman–Crippen LogP) is 3.31. The Hall–Kier alpha value is -2.95. The molecular weight excluding hydrogens is 278 g/mol. The largest absolute Gasteiger partial charge is 0.461 e. The summed E-state index contributed by atoms with van der Waals surface area (Å²) in [5.41, 5.74) is 2.84. The van der Waals surface area contributed by atoms with Crippen LogP contribution in [0.3, 0.4) is 0 Å². The Morgan fingerprint density at radius 1 is 1.32 bits per heavy atom. The topological polar surface area (TPSA) is 67.9 Å². The van der Waals surface area contributed by atoms with Crippen molar-refractivity contribution < 1.29 is 9.53 Å². The normalized spacial score (nSPS) is 11.1. The highest BCUT2D eigenvalue weighted by molar-refractivity contribution is 5.88. The molecule has 5 heteroatoms. The third kappa shape index (κ3) is 3.03. The summed E-state index contributed by atoms with van der Waals surface area (Å²) in [6.45, 7) is 2.14. The number of aromatic amines is 1. The fraction of sp³-hybridized carbons (Fsp3) is 0.118. The number of nitrogens with zero attached hydrogens (tertiary/aromatic N) is 2. The van der Waals surface area contributed by atoms with Crippen molar-refractivity contribution in [1.29, 1.82) is 0 Å². The van der Waals surface area contributed by atoms with Crippen molar-refractivity contribution in [3.8, 4) is 0 Å². The van der Waals surface area contributed by atoms with Crippen LogP contribution in [0.25, 0.3) is 23.2 Å². The molecule has 0 aromatic carbocycles. The van der Waals surface area contributed by atoms with Gasteiger partial charge in [0, 0.05) is 17.8 Å². The van der Waals surface area contributed by atoms with E-state index in [0.29, 0.717) is 17.9 Å². The summed E-state index contributed by atoms with van der Waals surface area (Å²) in [6, 6.07) is 9.51. The van der Waals surface area contributed by atoms with Crippen LogP contribution in [0.15, 0.2) is 42.7 Å². The maximum absolute atomic E-state index is 11.6. The number of nitrogens with one attached hydrogen (secondary N) is 1. The molecule has 0 saturated carbocycles. The standard InChI is InChI=1S/C17H15N3O2/c1-2-22-17(21)15-10-12(11-19-15)5-7-14-8-6-13-4-3-9-18-16(13)20-14/h3-11,19H,2H2,1H3. The van der Waals surface area contributed by atoms with Crippen LogP contribution in [0.1, 0.15) is 28.7 Å². The number of ether oxygens (including phenoxy) is 1. The van der Waals surface area contributed by atoms with Crippen LogP contribution in [0.4, 0.5) is 0 Å². The van der Waals surface area contributed by atoms with Gasteiger partial charge in [0.2, 0.25) is 0 Å². The number of esters is 1. The zero-order chi connectivity index (χ0) is 15.4. The van der Waals surface area contributed by atoms with Gasteiger partial charge < -0.3 is 9.72 Å². The second-order valence-electron chi connectivity index (χ2n) is 4.69. The van der Waals surface area contributed by atoms with E-state index in [4.69, 9.17) is 4.74 Å². The molecule has 0 aliphatic carbocycles. The molecule has 0 aliphatic rings. The zero-order valence-corrected chi connectivity index (χ0v) is 12.1. The minimum atomic E-state index is -0.352. The van der Waals surface area contributed by atoms with Crippen LogP contribution in [-0.2, 0) is 4.74 Å². The summed E-state index contributed by atoms with van der Waals surface area (Å²) < 4.78 is 4.94. The number of aromatic nitrogens is 3. The Morgan fingerprint density at radius 2 is 2.23 bits per heavy atom. The van der Waals surface area contributed by atoms with Crippen molar-refractivity contribution in [2.75, 3.05) is 6.61 Å². The molecule has 0 atom stereocenters. The lowest BCUT2D eigenvalue weighted by atomic mass is 10.2. The SMILES string of the molecule is CCOC(=O)c1cc(C=Cc2ccc3cccnc3n2)c[nH]1. The summed E-state index contributed by atoms with van der Waals surface area (Å²) in [7, 11) is 0. The highest BCUT2D eigenvalue weighted by atomic mass is 16.5. The second-order valence-corrected chi connectivity index (χ2v) is 4.69. The Balaban J connectivity index is 1.79. The van der Waals surface area contributed by atoms with Crippen LogP contribution >= 0.6 is 0 Å². The number of fused-ring (bicyclic) bond motifs is 1. The molecule has 3 aromatic rings. The van der Waals surface area contributed by atoms with Gasteiger partial charge in [-0.3, -0.25) is 0 Å². The minimum Gasteiger partial charge on any atom is -0.461 e. The van der Waals surface area contributed by atoms with E-state index in [1.807, 2.05) is 36.4 Å². The fourth-order valence-electron chi connectivity index (χ4n) is 2.08. The molecule has 0 spiro atoms. The second kappa shape index (κ2) is 6.22. The van der Waals surface area contributed by atoms with Gasteiger partial charge in [0.05, 0.1) is 12.3 Å². The predicted molar refractivity (Wildman–Crippen MR) is 85.2 cm³/mol. The maximum Gasteiger partial charge on any atom is 0.354 e. The first-order valence-corrected chi connectivity index (χ1v) is 7.01. The summed E-state index contributed by atoms with van der Waals surface area (Å²) in [4.78, 5) is 23.2. The Kier molecular flexibility index (Phi) is 3.96. The molecule has 3 aromatic heterocycles. The van der Waals surface area contributed by atoms with Crippen LogP contribution in [-0.4, -0.2) is 27.5 Å². The van der Waals surface area contributed by atoms with E-state index in [-0.39, 0.29) is 5.97 Å². The van der Waals surface area contributed by atoms with E-state index in [1.54, 1.807) is 25.4 Å². The monoisotopic (exact) mass is 293 g/mol. The lowest BCUT2D eigenvalue weighted by Crippen LogP contribution is -2.04. The van der Waals surface area contributed by atoms with Crippen molar-refractivity contribution in [3.05, 3.63) is 59.7 Å². The molecule has 3 rings (SSSR count). The molecule has 3 heterocycles. The smallest absolute Gasteiger partial charge is 0.354 e. The van der Waals surface area contributed by atoms with Crippen molar-refractivity contribution >= 4 is 29.2 Å². The van der Waals surface area contributed by atoms with E-state index in [9.17, 15) is 4.79 Å². The summed E-state index contributed by atoms with van der Waals surface area (Å²) >= 11 is 0. The van der Waals surface area contributed by atoms with Gasteiger partial charge in [-0.05, 0) is 48.9 Å². The van der Waals surface area contributed by atoms with Gasteiger partial charge in [0.25, 0.3) is 0 Å². The van der Waals surface area contributed by atoms with Crippen molar-refractivity contribution in [1.82, 2.24) is 15.0 Å². The van der Waals surface area contributed by atoms with Crippen LogP contribution in [0.2, 0.25) is 0 Å². The van der Waals surface area contributed by atoms with Crippen molar-refractivity contribution in [2.45, 2.75) is 6.92 Å². The summed E-state index contributed by atoms with van der Waals surface area (Å²) in [5, 5.41) is 1.01. The Labute approximate surface area is 127 Å². The van der Waals surface area contributed by atoms with Gasteiger partial charge in [0.15, 0.2) is 5.65 Å². The Morgan fingerprint density at radius 3 is 3.09 bits per heavy atom. The number of rotatable bonds is 4. The quantitative estimate of drug-likeness (QED) is 0.749. The number of pyridine rings is 2. The number of carbonyl (C=O) groups excluding carboxylic acids is 1. The number of hydrogen-bond acceptors (Lipinski definition) is 4.